The molecule has 2 N–H and O–H groups in total. The zero-order valence-corrected chi connectivity index (χ0v) is 17.1. The van der Waals surface area contributed by atoms with Crippen molar-refractivity contribution < 1.29 is 4.39 Å². The Morgan fingerprint density at radius 3 is 2.78 bits per heavy atom. The van der Waals surface area contributed by atoms with E-state index < -0.39 is 0 Å². The van der Waals surface area contributed by atoms with E-state index in [2.05, 4.69) is 25.4 Å². The Balaban J connectivity index is 1.31. The van der Waals surface area contributed by atoms with Crippen molar-refractivity contribution >= 4 is 23.4 Å². The number of hydrogen-bond donors (Lipinski definition) is 2. The van der Waals surface area contributed by atoms with E-state index in [0.717, 1.165) is 57.3 Å². The summed E-state index contributed by atoms with van der Waals surface area (Å²) in [6.45, 7) is 5.73. The van der Waals surface area contributed by atoms with Gasteiger partial charge in [-0.1, -0.05) is 12.1 Å². The van der Waals surface area contributed by atoms with Crippen molar-refractivity contribution in [2.75, 3.05) is 62.7 Å². The first-order valence-corrected chi connectivity index (χ1v) is 11.2. The third-order valence-electron chi connectivity index (χ3n) is 5.23. The molecule has 5 nitrogen and oxygen atoms in total. The highest BCUT2D eigenvalue weighted by atomic mass is 32.2. The first-order chi connectivity index (χ1) is 13.3. The van der Waals surface area contributed by atoms with Crippen LogP contribution in [0.25, 0.3) is 0 Å². The molecule has 0 radical (unpaired) electrons. The van der Waals surface area contributed by atoms with Crippen LogP contribution in [0.3, 0.4) is 0 Å². The van der Waals surface area contributed by atoms with E-state index >= 15 is 0 Å². The molecule has 7 heteroatoms. The monoisotopic (exact) mass is 393 g/mol. The SMILES string of the molecule is CN=C(NCCCN1CCN(c2ccccc2F)CC1)NC1CCCSC1. The predicted octanol–water partition coefficient (Wildman–Crippen LogP) is 2.40. The molecule has 0 spiro atoms. The van der Waals surface area contributed by atoms with Gasteiger partial charge in [-0.25, -0.2) is 4.39 Å². The van der Waals surface area contributed by atoms with Crippen molar-refractivity contribution in [3.8, 4) is 0 Å². The fourth-order valence-corrected chi connectivity index (χ4v) is 4.74. The second kappa shape index (κ2) is 10.8. The lowest BCUT2D eigenvalue weighted by molar-refractivity contribution is 0.254. The number of nitrogens with one attached hydrogen (secondary N) is 2. The molecule has 1 aromatic rings. The number of benzene rings is 1. The van der Waals surface area contributed by atoms with Crippen LogP contribution in [0.1, 0.15) is 19.3 Å². The van der Waals surface area contributed by atoms with Crippen LogP contribution in [0.2, 0.25) is 0 Å². The normalized spacial score (nSPS) is 21.9. The number of nitrogens with zero attached hydrogens (tertiary/aromatic N) is 3. The molecule has 0 aliphatic carbocycles. The largest absolute Gasteiger partial charge is 0.367 e. The number of hydrogen-bond acceptors (Lipinski definition) is 4. The highest BCUT2D eigenvalue weighted by Gasteiger charge is 2.19. The van der Waals surface area contributed by atoms with Crippen LogP contribution >= 0.6 is 11.8 Å². The minimum atomic E-state index is -0.120. The molecule has 0 aromatic heterocycles. The molecule has 150 valence electrons. The Morgan fingerprint density at radius 1 is 1.26 bits per heavy atom. The zero-order valence-electron chi connectivity index (χ0n) is 16.3. The van der Waals surface area contributed by atoms with Gasteiger partial charge in [0.25, 0.3) is 0 Å². The third-order valence-corrected chi connectivity index (χ3v) is 6.45. The van der Waals surface area contributed by atoms with Gasteiger partial charge in [-0.05, 0) is 43.7 Å². The number of rotatable bonds is 6. The molecule has 2 fully saturated rings. The number of aliphatic imine (C=N–C) groups is 1. The van der Waals surface area contributed by atoms with Crippen LogP contribution in [-0.4, -0.2) is 74.7 Å². The van der Waals surface area contributed by atoms with Gasteiger partial charge >= 0.3 is 0 Å². The first kappa shape index (κ1) is 20.3. The van der Waals surface area contributed by atoms with Crippen molar-refractivity contribution in [2.24, 2.45) is 4.99 Å². The van der Waals surface area contributed by atoms with Gasteiger partial charge in [-0.2, -0.15) is 11.8 Å². The standard InChI is InChI=1S/C20H32FN5S/c1-22-20(24-17-6-4-15-27-16-17)23-9-5-10-25-11-13-26(14-12-25)19-8-3-2-7-18(19)21/h2-3,7-8,17H,4-6,9-16H2,1H3,(H2,22,23,24). The molecular formula is C20H32FN5S. The topological polar surface area (TPSA) is 42.9 Å². The van der Waals surface area contributed by atoms with Crippen molar-refractivity contribution in [3.63, 3.8) is 0 Å². The molecule has 1 unspecified atom stereocenters. The maximum absolute atomic E-state index is 13.9. The summed E-state index contributed by atoms with van der Waals surface area (Å²) in [5.41, 5.74) is 0.731. The Hall–Kier alpha value is -1.47. The number of thioether (sulfide) groups is 1. The van der Waals surface area contributed by atoms with E-state index in [0.29, 0.717) is 6.04 Å². The van der Waals surface area contributed by atoms with E-state index in [9.17, 15) is 4.39 Å². The van der Waals surface area contributed by atoms with Gasteiger partial charge in [0.15, 0.2) is 5.96 Å². The highest BCUT2D eigenvalue weighted by molar-refractivity contribution is 7.99. The van der Waals surface area contributed by atoms with Gasteiger partial charge in [-0.15, -0.1) is 0 Å². The summed E-state index contributed by atoms with van der Waals surface area (Å²) in [7, 11) is 1.84. The molecule has 1 aromatic carbocycles. The minimum Gasteiger partial charge on any atom is -0.367 e. The quantitative estimate of drug-likeness (QED) is 0.441. The fourth-order valence-electron chi connectivity index (χ4n) is 3.67. The molecule has 0 saturated carbocycles. The first-order valence-electron chi connectivity index (χ1n) is 10.0. The second-order valence-corrected chi connectivity index (χ2v) is 8.34. The lowest BCUT2D eigenvalue weighted by Crippen LogP contribution is -2.48. The van der Waals surface area contributed by atoms with Crippen molar-refractivity contribution in [2.45, 2.75) is 25.3 Å². The summed E-state index contributed by atoms with van der Waals surface area (Å²) < 4.78 is 13.9. The second-order valence-electron chi connectivity index (χ2n) is 7.19. The molecule has 1 atom stereocenters. The van der Waals surface area contributed by atoms with Gasteiger partial charge in [0.1, 0.15) is 5.82 Å². The number of guanidine groups is 1. The maximum Gasteiger partial charge on any atom is 0.191 e. The van der Waals surface area contributed by atoms with Crippen LogP contribution in [0.5, 0.6) is 0 Å². The van der Waals surface area contributed by atoms with Gasteiger partial charge in [0.05, 0.1) is 5.69 Å². The predicted molar refractivity (Wildman–Crippen MR) is 115 cm³/mol. The smallest absolute Gasteiger partial charge is 0.191 e. The molecule has 2 aliphatic heterocycles. The number of para-hydroxylation sites is 1. The lowest BCUT2D eigenvalue weighted by atomic mass is 10.2. The molecular weight excluding hydrogens is 361 g/mol. The molecule has 3 rings (SSSR count). The fraction of sp³-hybridized carbons (Fsp3) is 0.650. The molecule has 0 amide bonds. The highest BCUT2D eigenvalue weighted by Crippen LogP contribution is 2.20. The molecule has 2 aliphatic rings. The summed E-state index contributed by atoms with van der Waals surface area (Å²) in [5.74, 6) is 3.26. The van der Waals surface area contributed by atoms with Gasteiger partial charge in [-0.3, -0.25) is 9.89 Å². The lowest BCUT2D eigenvalue weighted by Gasteiger charge is -2.36. The van der Waals surface area contributed by atoms with Crippen molar-refractivity contribution in [1.29, 1.82) is 0 Å². The van der Waals surface area contributed by atoms with Crippen LogP contribution in [0.4, 0.5) is 10.1 Å². The van der Waals surface area contributed by atoms with Crippen LogP contribution in [0.15, 0.2) is 29.3 Å². The summed E-state index contributed by atoms with van der Waals surface area (Å²) in [6.07, 6.45) is 3.61. The Bertz CT molecular complexity index is 598. The molecule has 27 heavy (non-hydrogen) atoms. The zero-order chi connectivity index (χ0) is 18.9. The number of halogens is 1. The molecule has 2 saturated heterocycles. The van der Waals surface area contributed by atoms with E-state index in [1.165, 1.54) is 24.3 Å². The number of piperazine rings is 1. The van der Waals surface area contributed by atoms with Gasteiger partial charge in [0, 0.05) is 51.6 Å². The summed E-state index contributed by atoms with van der Waals surface area (Å²) >= 11 is 2.02. The van der Waals surface area contributed by atoms with E-state index in [1.807, 2.05) is 30.9 Å². The Labute approximate surface area is 166 Å². The minimum absolute atomic E-state index is 0.120. The van der Waals surface area contributed by atoms with Crippen molar-refractivity contribution in [3.05, 3.63) is 30.1 Å². The van der Waals surface area contributed by atoms with Crippen LogP contribution < -0.4 is 15.5 Å². The van der Waals surface area contributed by atoms with Gasteiger partial charge < -0.3 is 15.5 Å². The van der Waals surface area contributed by atoms with E-state index in [1.54, 1.807) is 12.1 Å². The average molecular weight is 394 g/mol. The summed E-state index contributed by atoms with van der Waals surface area (Å²) in [4.78, 5) is 8.96. The van der Waals surface area contributed by atoms with Crippen LogP contribution in [0, 0.1) is 5.82 Å². The Morgan fingerprint density at radius 2 is 2.07 bits per heavy atom. The van der Waals surface area contributed by atoms with E-state index in [-0.39, 0.29) is 5.82 Å². The Kier molecular flexibility index (Phi) is 8.08. The average Bonchev–Trinajstić information content (AvgIpc) is 2.72. The van der Waals surface area contributed by atoms with E-state index in [4.69, 9.17) is 0 Å². The number of anilines is 1. The maximum atomic E-state index is 13.9. The van der Waals surface area contributed by atoms with Gasteiger partial charge in [0.2, 0.25) is 0 Å². The third kappa shape index (κ3) is 6.28. The van der Waals surface area contributed by atoms with Crippen molar-refractivity contribution in [1.82, 2.24) is 15.5 Å². The molecule has 2 heterocycles. The summed E-state index contributed by atoms with van der Waals surface area (Å²) in [5, 5.41) is 6.98. The molecule has 0 bridgehead atoms. The summed E-state index contributed by atoms with van der Waals surface area (Å²) in [6, 6.07) is 7.61. The van der Waals surface area contributed by atoms with Crippen LogP contribution in [-0.2, 0) is 0 Å².